The largest absolute Gasteiger partial charge is 0.493 e. The van der Waals surface area contributed by atoms with E-state index in [-0.39, 0.29) is 12.6 Å². The van der Waals surface area contributed by atoms with Gasteiger partial charge >= 0.3 is 0 Å². The van der Waals surface area contributed by atoms with E-state index in [1.807, 2.05) is 27.4 Å². The molecule has 2 fully saturated rings. The lowest BCUT2D eigenvalue weighted by atomic mass is 10.1. The third-order valence-corrected chi connectivity index (χ3v) is 8.03. The number of fused-ring (bicyclic) bond motifs is 1. The number of piperidine rings is 1. The Labute approximate surface area is 239 Å². The predicted molar refractivity (Wildman–Crippen MR) is 156 cm³/mol. The van der Waals surface area contributed by atoms with Crippen molar-refractivity contribution in [2.24, 2.45) is 0 Å². The van der Waals surface area contributed by atoms with Gasteiger partial charge in [-0.25, -0.2) is 9.50 Å². The molecule has 6 rings (SSSR count). The van der Waals surface area contributed by atoms with Gasteiger partial charge in [-0.3, -0.25) is 4.90 Å². The molecule has 1 aromatic carbocycles. The van der Waals surface area contributed by atoms with E-state index in [0.29, 0.717) is 34.8 Å². The molecule has 2 N–H and O–H groups in total. The van der Waals surface area contributed by atoms with E-state index < -0.39 is 0 Å². The first-order valence-corrected chi connectivity index (χ1v) is 14.2. The van der Waals surface area contributed by atoms with Gasteiger partial charge in [0.25, 0.3) is 0 Å². The van der Waals surface area contributed by atoms with Gasteiger partial charge in [-0.05, 0) is 50.9 Å². The molecule has 3 aromatic heterocycles. The lowest BCUT2D eigenvalue weighted by Crippen LogP contribution is -2.34. The second-order valence-corrected chi connectivity index (χ2v) is 10.6. The molecule has 0 aliphatic carbocycles. The summed E-state index contributed by atoms with van der Waals surface area (Å²) < 4.78 is 20.4. The van der Waals surface area contributed by atoms with E-state index in [1.54, 1.807) is 27.7 Å². The maximum absolute atomic E-state index is 10.0. The van der Waals surface area contributed by atoms with E-state index in [9.17, 15) is 5.11 Å². The topological polar surface area (TPSA) is 114 Å². The second kappa shape index (κ2) is 11.8. The van der Waals surface area contributed by atoms with E-state index in [1.165, 1.54) is 19.3 Å². The summed E-state index contributed by atoms with van der Waals surface area (Å²) in [5, 5.41) is 18.4. The second-order valence-electron chi connectivity index (χ2n) is 10.6. The lowest BCUT2D eigenvalue weighted by molar-refractivity contribution is 0.217. The first-order chi connectivity index (χ1) is 20.1. The lowest BCUT2D eigenvalue weighted by Gasteiger charge is -2.26. The Hall–Kier alpha value is -4.03. The molecule has 0 bridgehead atoms. The summed E-state index contributed by atoms with van der Waals surface area (Å²) in [6.07, 6.45) is 9.31. The molecule has 12 heteroatoms. The minimum atomic E-state index is 0.0145. The highest BCUT2D eigenvalue weighted by molar-refractivity contribution is 5.74. The number of hydrogen-bond acceptors (Lipinski definition) is 10. The van der Waals surface area contributed by atoms with Crippen LogP contribution in [0.25, 0.3) is 11.2 Å². The summed E-state index contributed by atoms with van der Waals surface area (Å²) in [5.74, 6) is 3.56. The quantitative estimate of drug-likeness (QED) is 0.297. The standard InChI is InChI=1S/C29H38N8O4/c1-39-24-14-22(15-25(40-2)27(24)41-3)35-17-26(30-19-35)31-28-23-10-9-20(16-34-11-5-4-6-12-34)37(23)33-29(32-28)36-13-7-8-21(36)18-38/h9-10,14-15,17,19,21,38H,4-8,11-13,16,18H2,1-3H3,(H,31,32,33)/t21-/m0/s1. The van der Waals surface area contributed by atoms with Crippen molar-refractivity contribution < 1.29 is 19.3 Å². The zero-order chi connectivity index (χ0) is 28.3. The molecule has 218 valence electrons. The monoisotopic (exact) mass is 562 g/mol. The van der Waals surface area contributed by atoms with Gasteiger partial charge in [0.1, 0.15) is 17.7 Å². The van der Waals surface area contributed by atoms with Gasteiger partial charge in [0.15, 0.2) is 17.3 Å². The molecule has 1 atom stereocenters. The molecular weight excluding hydrogens is 524 g/mol. The van der Waals surface area contributed by atoms with Gasteiger partial charge in [-0.2, -0.15) is 4.98 Å². The van der Waals surface area contributed by atoms with Crippen molar-refractivity contribution in [3.05, 3.63) is 42.5 Å². The summed E-state index contributed by atoms with van der Waals surface area (Å²) in [7, 11) is 4.78. The van der Waals surface area contributed by atoms with Crippen molar-refractivity contribution in [3.8, 4) is 22.9 Å². The number of nitrogens with one attached hydrogen (secondary N) is 1. The number of hydrogen-bond donors (Lipinski definition) is 2. The van der Waals surface area contributed by atoms with Gasteiger partial charge < -0.3 is 34.1 Å². The highest BCUT2D eigenvalue weighted by Gasteiger charge is 2.28. The Balaban J connectivity index is 1.35. The Morgan fingerprint density at radius 2 is 1.76 bits per heavy atom. The molecule has 5 heterocycles. The Kier molecular flexibility index (Phi) is 7.84. The fourth-order valence-corrected chi connectivity index (χ4v) is 5.87. The van der Waals surface area contributed by atoms with Crippen LogP contribution in [0.4, 0.5) is 17.6 Å². The van der Waals surface area contributed by atoms with Gasteiger partial charge in [0, 0.05) is 25.2 Å². The van der Waals surface area contributed by atoms with Crippen molar-refractivity contribution >= 4 is 23.1 Å². The van der Waals surface area contributed by atoms with E-state index >= 15 is 0 Å². The van der Waals surface area contributed by atoms with Gasteiger partial charge in [0.2, 0.25) is 11.7 Å². The number of nitrogens with zero attached hydrogens (tertiary/aromatic N) is 7. The zero-order valence-corrected chi connectivity index (χ0v) is 23.9. The van der Waals surface area contributed by atoms with Crippen molar-refractivity contribution in [1.82, 2.24) is 29.0 Å². The van der Waals surface area contributed by atoms with Crippen LogP contribution in [0, 0.1) is 0 Å². The maximum Gasteiger partial charge on any atom is 0.245 e. The Bertz CT molecular complexity index is 1470. The van der Waals surface area contributed by atoms with Crippen LogP contribution in [0.15, 0.2) is 36.8 Å². The molecule has 0 spiro atoms. The van der Waals surface area contributed by atoms with E-state index in [0.717, 1.165) is 55.9 Å². The number of anilines is 3. The van der Waals surface area contributed by atoms with Crippen molar-refractivity contribution in [3.63, 3.8) is 0 Å². The molecule has 41 heavy (non-hydrogen) atoms. The van der Waals surface area contributed by atoms with Crippen LogP contribution < -0.4 is 24.4 Å². The number of aromatic nitrogens is 5. The number of ether oxygens (including phenoxy) is 3. The highest BCUT2D eigenvalue weighted by atomic mass is 16.5. The summed E-state index contributed by atoms with van der Waals surface area (Å²) in [6.45, 7) is 3.94. The maximum atomic E-state index is 10.0. The number of rotatable bonds is 10. The van der Waals surface area contributed by atoms with Gasteiger partial charge in [0.05, 0.1) is 51.6 Å². The smallest absolute Gasteiger partial charge is 0.245 e. The van der Waals surface area contributed by atoms with E-state index in [2.05, 4.69) is 32.2 Å². The number of imidazole rings is 1. The summed E-state index contributed by atoms with van der Waals surface area (Å²) in [4.78, 5) is 14.2. The molecule has 0 unspecified atom stereocenters. The van der Waals surface area contributed by atoms with Gasteiger partial charge in [-0.1, -0.05) is 6.42 Å². The SMILES string of the molecule is COc1cc(-n2cnc(Nc3nc(N4CCC[C@H]4CO)nn4c(CN5CCCCC5)ccc34)c2)cc(OC)c1OC. The van der Waals surface area contributed by atoms with Crippen LogP contribution in [0.5, 0.6) is 17.2 Å². The summed E-state index contributed by atoms with van der Waals surface area (Å²) >= 11 is 0. The molecule has 4 aromatic rings. The molecule has 12 nitrogen and oxygen atoms in total. The van der Waals surface area contributed by atoms with Crippen LogP contribution in [-0.2, 0) is 6.54 Å². The number of benzene rings is 1. The van der Waals surface area contributed by atoms with Crippen LogP contribution in [0.3, 0.4) is 0 Å². The molecule has 0 radical (unpaired) electrons. The Morgan fingerprint density at radius 1 is 0.976 bits per heavy atom. The fraction of sp³-hybridized carbons (Fsp3) is 0.483. The minimum absolute atomic E-state index is 0.0145. The zero-order valence-electron chi connectivity index (χ0n) is 23.9. The number of methoxy groups -OCH3 is 3. The summed E-state index contributed by atoms with van der Waals surface area (Å²) in [6, 6.07) is 7.96. The number of aliphatic hydroxyl groups is 1. The Morgan fingerprint density at radius 3 is 2.46 bits per heavy atom. The van der Waals surface area contributed by atoms with Crippen molar-refractivity contribution in [2.45, 2.75) is 44.7 Å². The molecule has 0 amide bonds. The minimum Gasteiger partial charge on any atom is -0.493 e. The normalized spacial score (nSPS) is 17.8. The molecule has 2 saturated heterocycles. The third kappa shape index (κ3) is 5.36. The van der Waals surface area contributed by atoms with Crippen LogP contribution in [0.2, 0.25) is 0 Å². The molecule has 2 aliphatic rings. The van der Waals surface area contributed by atoms with E-state index in [4.69, 9.17) is 24.3 Å². The predicted octanol–water partition coefficient (Wildman–Crippen LogP) is 3.63. The van der Waals surface area contributed by atoms with Gasteiger partial charge in [-0.15, -0.1) is 5.10 Å². The van der Waals surface area contributed by atoms with Crippen LogP contribution >= 0.6 is 0 Å². The molecule has 2 aliphatic heterocycles. The first-order valence-electron chi connectivity index (χ1n) is 14.2. The average Bonchev–Trinajstić information content (AvgIpc) is 3.77. The highest BCUT2D eigenvalue weighted by Crippen LogP contribution is 2.39. The number of aliphatic hydroxyl groups excluding tert-OH is 1. The third-order valence-electron chi connectivity index (χ3n) is 8.03. The van der Waals surface area contributed by atoms with Crippen LogP contribution in [0.1, 0.15) is 37.8 Å². The fourth-order valence-electron chi connectivity index (χ4n) is 5.87. The molecular formula is C29H38N8O4. The van der Waals surface area contributed by atoms with Crippen molar-refractivity contribution in [2.75, 3.05) is 57.8 Å². The first kappa shape index (κ1) is 27.2. The molecule has 0 saturated carbocycles. The summed E-state index contributed by atoms with van der Waals surface area (Å²) in [5.41, 5.74) is 2.81. The van der Waals surface area contributed by atoms with Crippen molar-refractivity contribution in [1.29, 1.82) is 0 Å². The number of likely N-dealkylation sites (tertiary alicyclic amines) is 1. The average molecular weight is 563 g/mol. The van der Waals surface area contributed by atoms with Crippen LogP contribution in [-0.4, -0.2) is 87.8 Å².